The van der Waals surface area contributed by atoms with E-state index in [1.807, 2.05) is 12.1 Å². The maximum absolute atomic E-state index is 5.76. The Morgan fingerprint density at radius 3 is 2.56 bits per heavy atom. The second-order valence-electron chi connectivity index (χ2n) is 6.33. The molecule has 0 aliphatic heterocycles. The normalized spacial score (nSPS) is 11.2. The highest BCUT2D eigenvalue weighted by Crippen LogP contribution is 2.12. The molecule has 0 saturated carbocycles. The zero-order valence-corrected chi connectivity index (χ0v) is 19.6. The van der Waals surface area contributed by atoms with E-state index >= 15 is 0 Å². The number of halogens is 1. The summed E-state index contributed by atoms with van der Waals surface area (Å²) in [5.74, 6) is 1.75. The number of rotatable bonds is 10. The average Bonchev–Trinajstić information content (AvgIpc) is 3.16. The summed E-state index contributed by atoms with van der Waals surface area (Å²) in [5, 5.41) is 8.80. The van der Waals surface area contributed by atoms with Gasteiger partial charge in [-0.3, -0.25) is 4.99 Å². The largest absolute Gasteiger partial charge is 0.494 e. The van der Waals surface area contributed by atoms with Crippen molar-refractivity contribution in [3.05, 3.63) is 52.2 Å². The van der Waals surface area contributed by atoms with E-state index in [1.165, 1.54) is 10.4 Å². The van der Waals surface area contributed by atoms with Crippen molar-refractivity contribution in [1.82, 2.24) is 15.5 Å². The van der Waals surface area contributed by atoms with Gasteiger partial charge in [0.25, 0.3) is 0 Å². The molecule has 150 valence electrons. The molecule has 2 rings (SSSR count). The van der Waals surface area contributed by atoms with Crippen LogP contribution in [0.2, 0.25) is 0 Å². The van der Waals surface area contributed by atoms with Crippen molar-refractivity contribution in [2.45, 2.75) is 19.4 Å². The fraction of sp³-hybridized carbons (Fsp3) is 0.450. The number of guanidine groups is 1. The Morgan fingerprint density at radius 2 is 1.93 bits per heavy atom. The SMILES string of the molecule is CN=C(NCCc1cccs1)NCc1ccc(OCCCN(C)C)cc1.I. The summed E-state index contributed by atoms with van der Waals surface area (Å²) < 4.78 is 5.76. The van der Waals surface area contributed by atoms with Gasteiger partial charge in [0.2, 0.25) is 0 Å². The minimum Gasteiger partial charge on any atom is -0.494 e. The van der Waals surface area contributed by atoms with Crippen LogP contribution in [-0.2, 0) is 13.0 Å². The molecule has 27 heavy (non-hydrogen) atoms. The lowest BCUT2D eigenvalue weighted by atomic mass is 10.2. The number of benzene rings is 1. The van der Waals surface area contributed by atoms with Crippen LogP contribution in [-0.4, -0.2) is 51.7 Å². The first-order chi connectivity index (χ1) is 12.7. The monoisotopic (exact) mass is 502 g/mol. The van der Waals surface area contributed by atoms with E-state index in [0.717, 1.165) is 50.8 Å². The van der Waals surface area contributed by atoms with Gasteiger partial charge in [0.15, 0.2) is 5.96 Å². The minimum absolute atomic E-state index is 0. The zero-order valence-electron chi connectivity index (χ0n) is 16.4. The molecule has 0 amide bonds. The van der Waals surface area contributed by atoms with Crippen molar-refractivity contribution in [2.24, 2.45) is 4.99 Å². The number of nitrogens with one attached hydrogen (secondary N) is 2. The van der Waals surface area contributed by atoms with Crippen LogP contribution in [0, 0.1) is 0 Å². The van der Waals surface area contributed by atoms with E-state index < -0.39 is 0 Å². The third-order valence-electron chi connectivity index (χ3n) is 3.87. The van der Waals surface area contributed by atoms with Gasteiger partial charge in [-0.05, 0) is 56.1 Å². The van der Waals surface area contributed by atoms with Gasteiger partial charge >= 0.3 is 0 Å². The molecular weight excluding hydrogens is 471 g/mol. The molecule has 1 aromatic heterocycles. The van der Waals surface area contributed by atoms with Crippen molar-refractivity contribution in [1.29, 1.82) is 0 Å². The molecule has 0 aliphatic rings. The van der Waals surface area contributed by atoms with E-state index in [2.05, 4.69) is 64.3 Å². The summed E-state index contributed by atoms with van der Waals surface area (Å²) in [6, 6.07) is 12.5. The minimum atomic E-state index is 0. The highest BCUT2D eigenvalue weighted by Gasteiger charge is 2.00. The van der Waals surface area contributed by atoms with E-state index in [4.69, 9.17) is 4.74 Å². The van der Waals surface area contributed by atoms with Crippen molar-refractivity contribution < 1.29 is 4.74 Å². The number of hydrogen-bond donors (Lipinski definition) is 2. The molecule has 7 heteroatoms. The van der Waals surface area contributed by atoms with Crippen molar-refractivity contribution in [3.8, 4) is 5.75 Å². The van der Waals surface area contributed by atoms with Gasteiger partial charge in [0, 0.05) is 31.6 Å². The summed E-state index contributed by atoms with van der Waals surface area (Å²) in [5.41, 5.74) is 1.20. The molecule has 0 fully saturated rings. The number of aliphatic imine (C=N–C) groups is 1. The highest BCUT2D eigenvalue weighted by atomic mass is 127. The number of ether oxygens (including phenoxy) is 1. The van der Waals surface area contributed by atoms with Crippen molar-refractivity contribution >= 4 is 41.3 Å². The van der Waals surface area contributed by atoms with Crippen molar-refractivity contribution in [2.75, 3.05) is 40.8 Å². The van der Waals surface area contributed by atoms with E-state index in [1.54, 1.807) is 18.4 Å². The van der Waals surface area contributed by atoms with Crippen LogP contribution in [0.3, 0.4) is 0 Å². The summed E-state index contributed by atoms with van der Waals surface area (Å²) in [7, 11) is 5.95. The highest BCUT2D eigenvalue weighted by molar-refractivity contribution is 14.0. The van der Waals surface area contributed by atoms with Crippen LogP contribution in [0.25, 0.3) is 0 Å². The van der Waals surface area contributed by atoms with Gasteiger partial charge in [-0.2, -0.15) is 0 Å². The van der Waals surface area contributed by atoms with Crippen LogP contribution >= 0.6 is 35.3 Å². The van der Waals surface area contributed by atoms with Gasteiger partial charge in [-0.25, -0.2) is 0 Å². The lowest BCUT2D eigenvalue weighted by Gasteiger charge is -2.12. The molecule has 0 atom stereocenters. The zero-order chi connectivity index (χ0) is 18.6. The van der Waals surface area contributed by atoms with E-state index in [-0.39, 0.29) is 24.0 Å². The standard InChI is InChI=1S/C20H30N4OS.HI/c1-21-20(22-12-11-19-6-4-15-26-19)23-16-17-7-9-18(10-8-17)25-14-5-13-24(2)3;/h4,6-10,15H,5,11-14,16H2,1-3H3,(H2,21,22,23);1H. The van der Waals surface area contributed by atoms with Crippen molar-refractivity contribution in [3.63, 3.8) is 0 Å². The number of thiophene rings is 1. The molecule has 0 unspecified atom stereocenters. The maximum atomic E-state index is 5.76. The molecule has 0 radical (unpaired) electrons. The Morgan fingerprint density at radius 1 is 1.15 bits per heavy atom. The molecule has 0 saturated heterocycles. The predicted molar refractivity (Wildman–Crippen MR) is 127 cm³/mol. The molecule has 1 heterocycles. The molecule has 0 spiro atoms. The smallest absolute Gasteiger partial charge is 0.191 e. The molecule has 5 nitrogen and oxygen atoms in total. The van der Waals surface area contributed by atoms with Crippen LogP contribution in [0.1, 0.15) is 16.9 Å². The first-order valence-electron chi connectivity index (χ1n) is 9.01. The Labute approximate surface area is 184 Å². The number of nitrogens with zero attached hydrogens (tertiary/aromatic N) is 2. The Bertz CT molecular complexity index is 645. The average molecular weight is 502 g/mol. The topological polar surface area (TPSA) is 48.9 Å². The van der Waals surface area contributed by atoms with E-state index in [0.29, 0.717) is 0 Å². The molecule has 0 bridgehead atoms. The predicted octanol–water partition coefficient (Wildman–Crippen LogP) is 3.60. The maximum Gasteiger partial charge on any atom is 0.191 e. The van der Waals surface area contributed by atoms with Crippen LogP contribution < -0.4 is 15.4 Å². The third-order valence-corrected chi connectivity index (χ3v) is 4.81. The first-order valence-corrected chi connectivity index (χ1v) is 9.88. The Hall–Kier alpha value is -1.32. The quantitative estimate of drug-likeness (QED) is 0.226. The fourth-order valence-electron chi connectivity index (χ4n) is 2.44. The second kappa shape index (κ2) is 13.8. The van der Waals surface area contributed by atoms with Gasteiger partial charge < -0.3 is 20.3 Å². The van der Waals surface area contributed by atoms with Gasteiger partial charge in [0.05, 0.1) is 6.61 Å². The van der Waals surface area contributed by atoms with Crippen LogP contribution in [0.15, 0.2) is 46.8 Å². The Balaban J connectivity index is 0.00000364. The van der Waals surface area contributed by atoms with Gasteiger partial charge in [-0.1, -0.05) is 18.2 Å². The fourth-order valence-corrected chi connectivity index (χ4v) is 3.15. The molecular formula is C20H31IN4OS. The van der Waals surface area contributed by atoms with Gasteiger partial charge in [-0.15, -0.1) is 35.3 Å². The summed E-state index contributed by atoms with van der Waals surface area (Å²) in [6.07, 6.45) is 2.04. The number of hydrogen-bond acceptors (Lipinski definition) is 4. The summed E-state index contributed by atoms with van der Waals surface area (Å²) >= 11 is 1.79. The Kier molecular flexibility index (Phi) is 12.1. The molecule has 1 aromatic carbocycles. The second-order valence-corrected chi connectivity index (χ2v) is 7.36. The first kappa shape index (κ1) is 23.7. The third kappa shape index (κ3) is 9.97. The van der Waals surface area contributed by atoms with E-state index in [9.17, 15) is 0 Å². The summed E-state index contributed by atoms with van der Waals surface area (Å²) in [4.78, 5) is 7.82. The lowest BCUT2D eigenvalue weighted by molar-refractivity contribution is 0.281. The molecule has 2 aromatic rings. The van der Waals surface area contributed by atoms with Crippen LogP contribution in [0.5, 0.6) is 5.75 Å². The molecule has 0 aliphatic carbocycles. The van der Waals surface area contributed by atoms with Crippen LogP contribution in [0.4, 0.5) is 0 Å². The lowest BCUT2D eigenvalue weighted by Crippen LogP contribution is -2.37. The molecule has 2 N–H and O–H groups in total. The summed E-state index contributed by atoms with van der Waals surface area (Å²) in [6.45, 7) is 3.40. The van der Waals surface area contributed by atoms with Gasteiger partial charge in [0.1, 0.15) is 5.75 Å².